The smallest absolute Gasteiger partial charge is 0.126 e. The Morgan fingerprint density at radius 2 is 2.27 bits per heavy atom. The predicted molar refractivity (Wildman–Crippen MR) is 59.4 cm³/mol. The minimum absolute atomic E-state index is 0.105. The standard InChI is InChI=1S/C12H17FN2/c1-9-10(4-3-5-11(9)13)12-8-14-6-7-15(12)2/h3-5,12,14H,6-8H2,1-2H3. The molecule has 1 fully saturated rings. The molecule has 1 aromatic carbocycles. The molecule has 1 saturated heterocycles. The van der Waals surface area contributed by atoms with Gasteiger partial charge in [-0.15, -0.1) is 0 Å². The molecule has 1 N–H and O–H groups in total. The van der Waals surface area contributed by atoms with E-state index in [0.717, 1.165) is 30.8 Å². The highest BCUT2D eigenvalue weighted by Gasteiger charge is 2.22. The van der Waals surface area contributed by atoms with Gasteiger partial charge in [0.2, 0.25) is 0 Å². The Labute approximate surface area is 90.1 Å². The van der Waals surface area contributed by atoms with Gasteiger partial charge in [-0.1, -0.05) is 12.1 Å². The minimum Gasteiger partial charge on any atom is -0.314 e. The average Bonchev–Trinajstić information content (AvgIpc) is 2.23. The normalized spacial score (nSPS) is 23.0. The fourth-order valence-electron chi connectivity index (χ4n) is 2.14. The van der Waals surface area contributed by atoms with Crippen LogP contribution >= 0.6 is 0 Å². The van der Waals surface area contributed by atoms with E-state index in [4.69, 9.17) is 0 Å². The van der Waals surface area contributed by atoms with Crippen LogP contribution in [0, 0.1) is 12.7 Å². The van der Waals surface area contributed by atoms with Crippen LogP contribution in [0.4, 0.5) is 4.39 Å². The second-order valence-electron chi connectivity index (χ2n) is 4.15. The SMILES string of the molecule is Cc1c(F)cccc1C1CNCCN1C. The molecule has 1 atom stereocenters. The molecule has 1 aliphatic rings. The van der Waals surface area contributed by atoms with Crippen molar-refractivity contribution in [2.75, 3.05) is 26.7 Å². The number of benzene rings is 1. The molecule has 0 aromatic heterocycles. The molecular formula is C12H17FN2. The van der Waals surface area contributed by atoms with Gasteiger partial charge in [0.15, 0.2) is 0 Å². The monoisotopic (exact) mass is 208 g/mol. The van der Waals surface area contributed by atoms with Crippen LogP contribution in [0.5, 0.6) is 0 Å². The Bertz CT molecular complexity index is 351. The maximum atomic E-state index is 13.4. The van der Waals surface area contributed by atoms with Crippen LogP contribution in [0.2, 0.25) is 0 Å². The number of likely N-dealkylation sites (N-methyl/N-ethyl adjacent to an activating group) is 1. The topological polar surface area (TPSA) is 15.3 Å². The van der Waals surface area contributed by atoms with E-state index in [0.29, 0.717) is 6.04 Å². The molecule has 0 aliphatic carbocycles. The number of piperazine rings is 1. The van der Waals surface area contributed by atoms with Crippen molar-refractivity contribution in [3.8, 4) is 0 Å². The van der Waals surface area contributed by atoms with Crippen LogP contribution in [0.1, 0.15) is 17.2 Å². The molecule has 0 spiro atoms. The van der Waals surface area contributed by atoms with Crippen LogP contribution in [0.15, 0.2) is 18.2 Å². The molecule has 2 nitrogen and oxygen atoms in total. The van der Waals surface area contributed by atoms with Crippen molar-refractivity contribution >= 4 is 0 Å². The molecule has 0 saturated carbocycles. The van der Waals surface area contributed by atoms with Crippen molar-refractivity contribution in [3.05, 3.63) is 35.1 Å². The highest BCUT2D eigenvalue weighted by molar-refractivity contribution is 5.30. The first kappa shape index (κ1) is 10.6. The van der Waals surface area contributed by atoms with E-state index in [-0.39, 0.29) is 5.82 Å². The summed E-state index contributed by atoms with van der Waals surface area (Å²) in [5, 5.41) is 3.35. The Morgan fingerprint density at radius 3 is 3.00 bits per heavy atom. The maximum Gasteiger partial charge on any atom is 0.126 e. The third-order valence-electron chi connectivity index (χ3n) is 3.18. The molecule has 1 unspecified atom stereocenters. The summed E-state index contributed by atoms with van der Waals surface area (Å²) in [7, 11) is 2.09. The van der Waals surface area contributed by atoms with Crippen molar-refractivity contribution in [3.63, 3.8) is 0 Å². The highest BCUT2D eigenvalue weighted by atomic mass is 19.1. The average molecular weight is 208 g/mol. The molecule has 82 valence electrons. The fraction of sp³-hybridized carbons (Fsp3) is 0.500. The minimum atomic E-state index is -0.105. The molecule has 1 aliphatic heterocycles. The quantitative estimate of drug-likeness (QED) is 0.756. The van der Waals surface area contributed by atoms with Gasteiger partial charge in [0.05, 0.1) is 0 Å². The number of nitrogens with zero attached hydrogens (tertiary/aromatic N) is 1. The third-order valence-corrected chi connectivity index (χ3v) is 3.18. The van der Waals surface area contributed by atoms with E-state index >= 15 is 0 Å². The molecular weight excluding hydrogens is 191 g/mol. The van der Waals surface area contributed by atoms with Crippen LogP contribution in [-0.2, 0) is 0 Å². The number of hydrogen-bond acceptors (Lipinski definition) is 2. The second kappa shape index (κ2) is 4.29. The van der Waals surface area contributed by atoms with Gasteiger partial charge < -0.3 is 5.32 Å². The molecule has 0 bridgehead atoms. The summed E-state index contributed by atoms with van der Waals surface area (Å²) in [6.07, 6.45) is 0. The van der Waals surface area contributed by atoms with Gasteiger partial charge in [0, 0.05) is 25.7 Å². The lowest BCUT2D eigenvalue weighted by Crippen LogP contribution is -2.44. The summed E-state index contributed by atoms with van der Waals surface area (Å²) in [5.74, 6) is -0.105. The summed E-state index contributed by atoms with van der Waals surface area (Å²) < 4.78 is 13.4. The molecule has 15 heavy (non-hydrogen) atoms. The molecule has 3 heteroatoms. The van der Waals surface area contributed by atoms with Crippen LogP contribution in [0.3, 0.4) is 0 Å². The molecule has 2 rings (SSSR count). The zero-order valence-corrected chi connectivity index (χ0v) is 9.26. The lowest BCUT2D eigenvalue weighted by atomic mass is 9.98. The zero-order valence-electron chi connectivity index (χ0n) is 9.26. The first-order valence-corrected chi connectivity index (χ1v) is 5.36. The summed E-state index contributed by atoms with van der Waals surface area (Å²) in [6, 6.07) is 5.64. The van der Waals surface area contributed by atoms with Crippen molar-refractivity contribution < 1.29 is 4.39 Å². The maximum absolute atomic E-state index is 13.4. The summed E-state index contributed by atoms with van der Waals surface area (Å²) in [5.41, 5.74) is 1.88. The van der Waals surface area contributed by atoms with Gasteiger partial charge in [-0.05, 0) is 31.2 Å². The number of rotatable bonds is 1. The Morgan fingerprint density at radius 1 is 1.47 bits per heavy atom. The lowest BCUT2D eigenvalue weighted by molar-refractivity contribution is 0.201. The molecule has 0 amide bonds. The molecule has 1 heterocycles. The predicted octanol–water partition coefficient (Wildman–Crippen LogP) is 1.71. The summed E-state index contributed by atoms with van der Waals surface area (Å²) >= 11 is 0. The zero-order chi connectivity index (χ0) is 10.8. The van der Waals surface area contributed by atoms with E-state index in [2.05, 4.69) is 17.3 Å². The summed E-state index contributed by atoms with van der Waals surface area (Å²) in [4.78, 5) is 2.28. The Balaban J connectivity index is 2.31. The number of hydrogen-bond donors (Lipinski definition) is 1. The van der Waals surface area contributed by atoms with Crippen molar-refractivity contribution in [1.82, 2.24) is 10.2 Å². The van der Waals surface area contributed by atoms with Crippen LogP contribution < -0.4 is 5.32 Å². The first-order chi connectivity index (χ1) is 7.20. The summed E-state index contributed by atoms with van der Waals surface area (Å²) in [6.45, 7) is 4.79. The van der Waals surface area contributed by atoms with Gasteiger partial charge in [-0.3, -0.25) is 4.90 Å². The first-order valence-electron chi connectivity index (χ1n) is 5.36. The van der Waals surface area contributed by atoms with E-state index < -0.39 is 0 Å². The van der Waals surface area contributed by atoms with E-state index in [9.17, 15) is 4.39 Å². The Kier molecular flexibility index (Phi) is 3.03. The Hall–Kier alpha value is -0.930. The van der Waals surface area contributed by atoms with E-state index in [1.54, 1.807) is 6.07 Å². The number of nitrogens with one attached hydrogen (secondary N) is 1. The third kappa shape index (κ3) is 2.03. The van der Waals surface area contributed by atoms with Crippen LogP contribution in [-0.4, -0.2) is 31.6 Å². The van der Waals surface area contributed by atoms with Gasteiger partial charge in [-0.2, -0.15) is 0 Å². The fourth-order valence-corrected chi connectivity index (χ4v) is 2.14. The van der Waals surface area contributed by atoms with Crippen molar-refractivity contribution in [1.29, 1.82) is 0 Å². The number of halogens is 1. The van der Waals surface area contributed by atoms with E-state index in [1.807, 2.05) is 13.0 Å². The van der Waals surface area contributed by atoms with Gasteiger partial charge >= 0.3 is 0 Å². The van der Waals surface area contributed by atoms with E-state index in [1.165, 1.54) is 6.07 Å². The van der Waals surface area contributed by atoms with Gasteiger partial charge in [-0.25, -0.2) is 4.39 Å². The second-order valence-corrected chi connectivity index (χ2v) is 4.15. The van der Waals surface area contributed by atoms with Crippen molar-refractivity contribution in [2.45, 2.75) is 13.0 Å². The lowest BCUT2D eigenvalue weighted by Gasteiger charge is -2.34. The highest BCUT2D eigenvalue weighted by Crippen LogP contribution is 2.24. The molecule has 0 radical (unpaired) electrons. The molecule has 1 aromatic rings. The largest absolute Gasteiger partial charge is 0.314 e. The van der Waals surface area contributed by atoms with Gasteiger partial charge in [0.1, 0.15) is 5.82 Å². The van der Waals surface area contributed by atoms with Crippen LogP contribution in [0.25, 0.3) is 0 Å². The van der Waals surface area contributed by atoms with Gasteiger partial charge in [0.25, 0.3) is 0 Å². The van der Waals surface area contributed by atoms with Crippen molar-refractivity contribution in [2.24, 2.45) is 0 Å².